The van der Waals surface area contributed by atoms with Crippen molar-refractivity contribution in [1.29, 1.82) is 0 Å². The second-order valence-corrected chi connectivity index (χ2v) is 8.86. The van der Waals surface area contributed by atoms with E-state index in [1.54, 1.807) is 16.1 Å². The molecule has 0 spiro atoms. The van der Waals surface area contributed by atoms with Gasteiger partial charge in [-0.3, -0.25) is 0 Å². The summed E-state index contributed by atoms with van der Waals surface area (Å²) in [5, 5.41) is -0.165. The van der Waals surface area contributed by atoms with Gasteiger partial charge in [0.2, 0.25) is 10.0 Å². The van der Waals surface area contributed by atoms with Crippen molar-refractivity contribution in [3.63, 3.8) is 0 Å². The Morgan fingerprint density at radius 3 is 2.48 bits per heavy atom. The van der Waals surface area contributed by atoms with Crippen molar-refractivity contribution in [3.05, 3.63) is 0 Å². The Bertz CT molecular complexity index is 509. The molecule has 0 aromatic carbocycles. The van der Waals surface area contributed by atoms with Gasteiger partial charge in [-0.25, -0.2) is 17.5 Å². The minimum Gasteiger partial charge on any atom is -0.450 e. The fraction of sp³-hybridized carbons (Fsp3) is 0.929. The molecule has 2 atom stereocenters. The molecule has 1 amide bonds. The van der Waals surface area contributed by atoms with Crippen molar-refractivity contribution >= 4 is 16.1 Å². The first-order valence-corrected chi connectivity index (χ1v) is 9.32. The summed E-state index contributed by atoms with van der Waals surface area (Å²) in [6, 6.07) is 0. The first-order valence-electron chi connectivity index (χ1n) is 7.82. The lowest BCUT2D eigenvalue weighted by molar-refractivity contribution is 0.0526. The molecule has 0 aromatic rings. The number of nitrogens with zero attached hydrogens (tertiary/aromatic N) is 2. The highest BCUT2D eigenvalue weighted by atomic mass is 32.2. The van der Waals surface area contributed by atoms with Crippen molar-refractivity contribution in [2.45, 2.75) is 31.9 Å². The van der Waals surface area contributed by atoms with E-state index in [9.17, 15) is 13.2 Å². The number of likely N-dealkylation sites (tertiary alicyclic amines) is 1. The van der Waals surface area contributed by atoms with Crippen LogP contribution in [0.4, 0.5) is 4.79 Å². The van der Waals surface area contributed by atoms with Gasteiger partial charge in [0.05, 0.1) is 11.9 Å². The maximum atomic E-state index is 12.3. The van der Waals surface area contributed by atoms with E-state index in [0.717, 1.165) is 12.8 Å². The Labute approximate surface area is 126 Å². The molecule has 0 N–H and O–H groups in total. The highest BCUT2D eigenvalue weighted by Crippen LogP contribution is 2.45. The predicted molar refractivity (Wildman–Crippen MR) is 78.3 cm³/mol. The summed E-state index contributed by atoms with van der Waals surface area (Å²) in [4.78, 5) is 13.2. The first kappa shape index (κ1) is 15.1. The number of ether oxygens (including phenoxy) is 1. The van der Waals surface area contributed by atoms with Crippen LogP contribution in [0.25, 0.3) is 0 Å². The van der Waals surface area contributed by atoms with E-state index in [-0.39, 0.29) is 11.3 Å². The van der Waals surface area contributed by atoms with Gasteiger partial charge in [-0.15, -0.1) is 0 Å². The Morgan fingerprint density at radius 2 is 1.90 bits per heavy atom. The van der Waals surface area contributed by atoms with Crippen LogP contribution in [0.2, 0.25) is 0 Å². The average Bonchev–Trinajstić information content (AvgIpc) is 3.09. The zero-order valence-electron chi connectivity index (χ0n) is 12.7. The van der Waals surface area contributed by atoms with Gasteiger partial charge in [0.15, 0.2) is 0 Å². The Balaban J connectivity index is 1.41. The fourth-order valence-electron chi connectivity index (χ4n) is 3.38. The standard InChI is InChI=1S/C14H24N2O4S/c1-3-20-14(17)15-8-11(9-15)4-12-5-13(12)21(18,19)16-6-10(2)7-16/h10-13H,3-9H2,1-2H3. The molecule has 0 aromatic heterocycles. The van der Waals surface area contributed by atoms with E-state index in [0.29, 0.717) is 50.5 Å². The van der Waals surface area contributed by atoms with E-state index >= 15 is 0 Å². The first-order chi connectivity index (χ1) is 9.91. The lowest BCUT2D eigenvalue weighted by Crippen LogP contribution is -2.51. The second kappa shape index (κ2) is 5.43. The molecule has 3 fully saturated rings. The number of amides is 1. The number of rotatable bonds is 5. The normalized spacial score (nSPS) is 30.7. The van der Waals surface area contributed by atoms with E-state index < -0.39 is 10.0 Å². The van der Waals surface area contributed by atoms with Crippen LogP contribution in [0, 0.1) is 17.8 Å². The smallest absolute Gasteiger partial charge is 0.409 e. The van der Waals surface area contributed by atoms with E-state index in [2.05, 4.69) is 6.92 Å². The van der Waals surface area contributed by atoms with Crippen LogP contribution >= 0.6 is 0 Å². The van der Waals surface area contributed by atoms with Gasteiger partial charge in [0.25, 0.3) is 0 Å². The summed E-state index contributed by atoms with van der Waals surface area (Å²) in [6.45, 7) is 7.07. The third kappa shape index (κ3) is 2.90. The van der Waals surface area contributed by atoms with Crippen molar-refractivity contribution in [2.24, 2.45) is 17.8 Å². The van der Waals surface area contributed by atoms with Gasteiger partial charge in [-0.1, -0.05) is 6.92 Å². The van der Waals surface area contributed by atoms with Crippen LogP contribution in [0.3, 0.4) is 0 Å². The molecule has 7 heteroatoms. The van der Waals surface area contributed by atoms with Crippen molar-refractivity contribution < 1.29 is 17.9 Å². The van der Waals surface area contributed by atoms with Crippen LogP contribution in [0.1, 0.15) is 26.7 Å². The van der Waals surface area contributed by atoms with Crippen molar-refractivity contribution in [2.75, 3.05) is 32.8 Å². The molecule has 2 saturated heterocycles. The highest BCUT2D eigenvalue weighted by molar-refractivity contribution is 7.90. The molecule has 2 aliphatic heterocycles. The van der Waals surface area contributed by atoms with Crippen molar-refractivity contribution in [3.8, 4) is 0 Å². The van der Waals surface area contributed by atoms with Gasteiger partial charge in [-0.2, -0.15) is 0 Å². The van der Waals surface area contributed by atoms with E-state index in [1.165, 1.54) is 0 Å². The molecule has 120 valence electrons. The summed E-state index contributed by atoms with van der Waals surface area (Å²) in [7, 11) is -3.05. The van der Waals surface area contributed by atoms with Gasteiger partial charge < -0.3 is 9.64 Å². The minimum absolute atomic E-state index is 0.165. The fourth-order valence-corrected chi connectivity index (χ4v) is 5.78. The lowest BCUT2D eigenvalue weighted by atomic mass is 9.94. The number of carbonyl (C=O) groups excluding carboxylic acids is 1. The zero-order chi connectivity index (χ0) is 15.2. The van der Waals surface area contributed by atoms with Crippen LogP contribution in [-0.2, 0) is 14.8 Å². The van der Waals surface area contributed by atoms with Gasteiger partial charge in [0, 0.05) is 26.2 Å². The SMILES string of the molecule is CCOC(=O)N1CC(CC2CC2S(=O)(=O)N2CC(C)C2)C1. The molecule has 0 bridgehead atoms. The third-order valence-electron chi connectivity index (χ3n) is 4.75. The van der Waals surface area contributed by atoms with Crippen LogP contribution < -0.4 is 0 Å². The molecule has 2 unspecified atom stereocenters. The third-order valence-corrected chi connectivity index (χ3v) is 7.11. The monoisotopic (exact) mass is 316 g/mol. The Morgan fingerprint density at radius 1 is 1.24 bits per heavy atom. The lowest BCUT2D eigenvalue weighted by Gasteiger charge is -2.39. The largest absolute Gasteiger partial charge is 0.450 e. The second-order valence-electron chi connectivity index (χ2n) is 6.71. The molecular formula is C14H24N2O4S. The molecule has 1 saturated carbocycles. The molecule has 1 aliphatic carbocycles. The van der Waals surface area contributed by atoms with E-state index in [4.69, 9.17) is 4.74 Å². The Hall–Kier alpha value is -0.820. The molecule has 2 heterocycles. The van der Waals surface area contributed by atoms with Crippen LogP contribution in [0.15, 0.2) is 0 Å². The maximum absolute atomic E-state index is 12.3. The number of hydrogen-bond acceptors (Lipinski definition) is 4. The Kier molecular flexibility index (Phi) is 3.90. The number of hydrogen-bond donors (Lipinski definition) is 0. The molecule has 6 nitrogen and oxygen atoms in total. The summed E-state index contributed by atoms with van der Waals surface area (Å²) in [5.41, 5.74) is 0. The minimum atomic E-state index is -3.05. The van der Waals surface area contributed by atoms with Crippen molar-refractivity contribution in [1.82, 2.24) is 9.21 Å². The van der Waals surface area contributed by atoms with Gasteiger partial charge >= 0.3 is 6.09 Å². The van der Waals surface area contributed by atoms with Gasteiger partial charge in [-0.05, 0) is 37.5 Å². The predicted octanol–water partition coefficient (Wildman–Crippen LogP) is 1.13. The van der Waals surface area contributed by atoms with E-state index in [1.807, 2.05) is 0 Å². The summed E-state index contributed by atoms with van der Waals surface area (Å²) >= 11 is 0. The van der Waals surface area contributed by atoms with Gasteiger partial charge in [0.1, 0.15) is 0 Å². The topological polar surface area (TPSA) is 66.9 Å². The summed E-state index contributed by atoms with van der Waals surface area (Å²) < 4.78 is 31.2. The highest BCUT2D eigenvalue weighted by Gasteiger charge is 2.52. The molecule has 0 radical (unpaired) electrons. The summed E-state index contributed by atoms with van der Waals surface area (Å²) in [6.07, 6.45) is 1.47. The average molecular weight is 316 g/mol. The molecule has 21 heavy (non-hydrogen) atoms. The summed E-state index contributed by atoms with van der Waals surface area (Å²) in [5.74, 6) is 1.23. The molecule has 3 aliphatic rings. The van der Waals surface area contributed by atoms with Crippen LogP contribution in [-0.4, -0.2) is 61.8 Å². The molecular weight excluding hydrogens is 292 g/mol. The number of carbonyl (C=O) groups is 1. The maximum Gasteiger partial charge on any atom is 0.409 e. The number of sulfonamides is 1. The zero-order valence-corrected chi connectivity index (χ0v) is 13.5. The van der Waals surface area contributed by atoms with Crippen LogP contribution in [0.5, 0.6) is 0 Å². The molecule has 3 rings (SSSR count). The quantitative estimate of drug-likeness (QED) is 0.763.